The molecule has 1 rings (SSSR count). The minimum Gasteiger partial charge on any atom is -0.353 e. The van der Waals surface area contributed by atoms with Crippen LogP contribution < -0.4 is 4.90 Å². The molecule has 0 fully saturated rings. The summed E-state index contributed by atoms with van der Waals surface area (Å²) in [5.41, 5.74) is 2.34. The van der Waals surface area contributed by atoms with E-state index in [4.69, 9.17) is 5.26 Å². The Bertz CT molecular complexity index is 410. The maximum atomic E-state index is 8.69. The normalized spacial score (nSPS) is 10.4. The molecule has 1 aromatic heterocycles. The van der Waals surface area contributed by atoms with E-state index in [0.29, 0.717) is 12.5 Å². The predicted molar refractivity (Wildman–Crippen MR) is 74.3 cm³/mol. The lowest BCUT2D eigenvalue weighted by molar-refractivity contribution is 0.674. The fourth-order valence-corrected chi connectivity index (χ4v) is 2.09. The van der Waals surface area contributed by atoms with Crippen molar-refractivity contribution in [3.05, 3.63) is 23.4 Å². The minimum atomic E-state index is 0.351. The smallest absolute Gasteiger partial charge is 0.131 e. The molecular weight excluding hydrogens is 278 g/mol. The zero-order valence-corrected chi connectivity index (χ0v) is 12.2. The van der Waals surface area contributed by atoms with Crippen LogP contribution >= 0.6 is 15.9 Å². The first-order valence-electron chi connectivity index (χ1n) is 5.75. The van der Waals surface area contributed by atoms with Gasteiger partial charge in [-0.15, -0.1) is 0 Å². The van der Waals surface area contributed by atoms with Crippen LogP contribution in [-0.2, 0) is 5.33 Å². The number of nitriles is 1. The van der Waals surface area contributed by atoms with Gasteiger partial charge in [-0.1, -0.05) is 22.0 Å². The van der Waals surface area contributed by atoms with E-state index in [0.717, 1.165) is 23.3 Å². The molecule has 17 heavy (non-hydrogen) atoms. The van der Waals surface area contributed by atoms with Crippen molar-refractivity contribution in [3.8, 4) is 6.07 Å². The fourth-order valence-electron chi connectivity index (χ4n) is 1.78. The Kier molecular flexibility index (Phi) is 5.43. The van der Waals surface area contributed by atoms with Crippen LogP contribution in [0.1, 0.15) is 31.4 Å². The number of pyridine rings is 1. The lowest BCUT2D eigenvalue weighted by Gasteiger charge is -2.28. The molecule has 0 radical (unpaired) electrons. The maximum absolute atomic E-state index is 8.69. The molecule has 0 N–H and O–H groups in total. The Hall–Kier alpha value is -1.08. The average molecular weight is 296 g/mol. The number of hydrogen-bond donors (Lipinski definition) is 0. The third-order valence-electron chi connectivity index (χ3n) is 2.62. The van der Waals surface area contributed by atoms with Gasteiger partial charge in [0.15, 0.2) is 0 Å². The van der Waals surface area contributed by atoms with Crippen molar-refractivity contribution >= 4 is 21.7 Å². The van der Waals surface area contributed by atoms with E-state index in [2.05, 4.69) is 58.7 Å². The van der Waals surface area contributed by atoms with Crippen LogP contribution in [0, 0.1) is 18.3 Å². The van der Waals surface area contributed by atoms with Gasteiger partial charge < -0.3 is 4.90 Å². The second-order valence-corrected chi connectivity index (χ2v) is 4.87. The van der Waals surface area contributed by atoms with Crippen molar-refractivity contribution in [3.63, 3.8) is 0 Å². The molecule has 0 spiro atoms. The molecule has 0 unspecified atom stereocenters. The topological polar surface area (TPSA) is 39.9 Å². The lowest BCUT2D eigenvalue weighted by atomic mass is 10.2. The van der Waals surface area contributed by atoms with Gasteiger partial charge in [0.05, 0.1) is 12.5 Å². The van der Waals surface area contributed by atoms with Crippen LogP contribution in [0.15, 0.2) is 12.3 Å². The van der Waals surface area contributed by atoms with Crippen molar-refractivity contribution in [2.24, 2.45) is 0 Å². The molecule has 3 nitrogen and oxygen atoms in total. The largest absolute Gasteiger partial charge is 0.353 e. The lowest BCUT2D eigenvalue weighted by Crippen LogP contribution is -2.33. The Labute approximate surface area is 112 Å². The molecule has 0 bridgehead atoms. The first-order valence-corrected chi connectivity index (χ1v) is 6.87. The molecule has 92 valence electrons. The van der Waals surface area contributed by atoms with Crippen LogP contribution in [-0.4, -0.2) is 17.6 Å². The molecule has 4 heteroatoms. The first-order chi connectivity index (χ1) is 8.10. The van der Waals surface area contributed by atoms with E-state index >= 15 is 0 Å². The molecule has 1 heterocycles. The maximum Gasteiger partial charge on any atom is 0.131 e. The summed E-state index contributed by atoms with van der Waals surface area (Å²) in [5, 5.41) is 9.51. The highest BCUT2D eigenvalue weighted by Crippen LogP contribution is 2.21. The highest BCUT2D eigenvalue weighted by molar-refractivity contribution is 9.08. The number of aromatic nitrogens is 1. The van der Waals surface area contributed by atoms with Gasteiger partial charge >= 0.3 is 0 Å². The van der Waals surface area contributed by atoms with Crippen molar-refractivity contribution in [2.75, 3.05) is 11.4 Å². The van der Waals surface area contributed by atoms with E-state index < -0.39 is 0 Å². The van der Waals surface area contributed by atoms with E-state index in [1.54, 1.807) is 0 Å². The van der Waals surface area contributed by atoms with E-state index in [1.165, 1.54) is 5.56 Å². The average Bonchev–Trinajstić information content (AvgIpc) is 2.30. The highest BCUT2D eigenvalue weighted by atomic mass is 79.9. The fraction of sp³-hybridized carbons (Fsp3) is 0.538. The molecular formula is C13H18BrN3. The van der Waals surface area contributed by atoms with Crippen molar-refractivity contribution in [1.29, 1.82) is 5.26 Å². The molecule has 0 atom stereocenters. The van der Waals surface area contributed by atoms with E-state index in [9.17, 15) is 0 Å². The third-order valence-corrected chi connectivity index (χ3v) is 3.27. The summed E-state index contributed by atoms with van der Waals surface area (Å²) in [6, 6.07) is 4.68. The summed E-state index contributed by atoms with van der Waals surface area (Å²) >= 11 is 3.43. The number of aryl methyl sites for hydroxylation is 1. The van der Waals surface area contributed by atoms with Crippen LogP contribution in [0.2, 0.25) is 0 Å². The van der Waals surface area contributed by atoms with Gasteiger partial charge in [-0.05, 0) is 31.9 Å². The molecule has 0 saturated carbocycles. The van der Waals surface area contributed by atoms with Crippen LogP contribution in [0.5, 0.6) is 0 Å². The highest BCUT2D eigenvalue weighted by Gasteiger charge is 2.14. The van der Waals surface area contributed by atoms with Gasteiger partial charge in [0.25, 0.3) is 0 Å². The Balaban J connectivity index is 2.98. The van der Waals surface area contributed by atoms with Gasteiger partial charge in [-0.2, -0.15) is 5.26 Å². The number of nitrogens with zero attached hydrogens (tertiary/aromatic N) is 3. The molecule has 0 amide bonds. The number of rotatable bonds is 5. The van der Waals surface area contributed by atoms with Crippen molar-refractivity contribution in [1.82, 2.24) is 4.98 Å². The Morgan fingerprint density at radius 3 is 2.71 bits per heavy atom. The third kappa shape index (κ3) is 3.71. The molecule has 0 aliphatic carbocycles. The van der Waals surface area contributed by atoms with Gasteiger partial charge in [-0.25, -0.2) is 4.98 Å². The number of alkyl halides is 1. The Morgan fingerprint density at radius 2 is 2.24 bits per heavy atom. The summed E-state index contributed by atoms with van der Waals surface area (Å²) in [4.78, 5) is 6.69. The van der Waals surface area contributed by atoms with Gasteiger partial charge in [-0.3, -0.25) is 0 Å². The van der Waals surface area contributed by atoms with Crippen LogP contribution in [0.25, 0.3) is 0 Å². The summed E-state index contributed by atoms with van der Waals surface area (Å²) in [6.07, 6.45) is 2.42. The molecule has 1 aromatic rings. The van der Waals surface area contributed by atoms with Gasteiger partial charge in [0.2, 0.25) is 0 Å². The minimum absolute atomic E-state index is 0.351. The molecule has 0 aliphatic heterocycles. The molecule has 0 aliphatic rings. The van der Waals surface area contributed by atoms with Gasteiger partial charge in [0.1, 0.15) is 5.82 Å². The van der Waals surface area contributed by atoms with Crippen LogP contribution in [0.3, 0.4) is 0 Å². The Morgan fingerprint density at radius 1 is 1.53 bits per heavy atom. The number of anilines is 1. The van der Waals surface area contributed by atoms with Crippen molar-refractivity contribution < 1.29 is 0 Å². The monoisotopic (exact) mass is 295 g/mol. The number of halogens is 1. The summed E-state index contributed by atoms with van der Waals surface area (Å²) in [7, 11) is 0. The van der Waals surface area contributed by atoms with Gasteiger partial charge in [0, 0.05) is 24.1 Å². The summed E-state index contributed by atoms with van der Waals surface area (Å²) in [6.45, 7) is 7.04. The second kappa shape index (κ2) is 6.61. The number of hydrogen-bond acceptors (Lipinski definition) is 3. The zero-order valence-electron chi connectivity index (χ0n) is 10.6. The standard InChI is InChI=1S/C13H18BrN3/c1-10(2)17(6-4-5-15)13-11(3)7-12(8-14)9-16-13/h7,9-10H,4,6,8H2,1-3H3. The summed E-state index contributed by atoms with van der Waals surface area (Å²) < 4.78 is 0. The summed E-state index contributed by atoms with van der Waals surface area (Å²) in [5.74, 6) is 0.986. The van der Waals surface area contributed by atoms with Crippen molar-refractivity contribution in [2.45, 2.75) is 38.6 Å². The second-order valence-electron chi connectivity index (χ2n) is 4.31. The van der Waals surface area contributed by atoms with E-state index in [-0.39, 0.29) is 0 Å². The quantitative estimate of drug-likeness (QED) is 0.782. The first kappa shape index (κ1) is 14.0. The zero-order chi connectivity index (χ0) is 12.8. The molecule has 0 aromatic carbocycles. The molecule has 0 saturated heterocycles. The van der Waals surface area contributed by atoms with Crippen LogP contribution in [0.4, 0.5) is 5.82 Å². The predicted octanol–water partition coefficient (Wildman–Crippen LogP) is 3.41. The van der Waals surface area contributed by atoms with E-state index in [1.807, 2.05) is 6.20 Å². The SMILES string of the molecule is Cc1cc(CBr)cnc1N(CCC#N)C(C)C.